The molecule has 0 unspecified atom stereocenters. The van der Waals surface area contributed by atoms with Crippen molar-refractivity contribution in [3.8, 4) is 0 Å². The predicted octanol–water partition coefficient (Wildman–Crippen LogP) is 1.94. The van der Waals surface area contributed by atoms with Crippen molar-refractivity contribution in [2.45, 2.75) is 25.4 Å². The molecule has 2 saturated heterocycles. The minimum atomic E-state index is -0.0509. The van der Waals surface area contributed by atoms with Crippen LogP contribution in [0.2, 0.25) is 0 Å². The topological polar surface area (TPSA) is 51.9 Å². The first kappa shape index (κ1) is 13.6. The molecule has 5 nitrogen and oxygen atoms in total. The number of methoxy groups -OCH3 is 1. The molecule has 20 heavy (non-hydrogen) atoms. The molecule has 1 aromatic rings. The molecule has 0 radical (unpaired) electrons. The van der Waals surface area contributed by atoms with Crippen molar-refractivity contribution in [3.63, 3.8) is 0 Å². The smallest absolute Gasteiger partial charge is 0.257 e. The quantitative estimate of drug-likeness (QED) is 0.848. The average molecular weight is 279 g/mol. The molecule has 2 fully saturated rings. The summed E-state index contributed by atoms with van der Waals surface area (Å²) >= 11 is 0. The van der Waals surface area contributed by atoms with Gasteiger partial charge in [0, 0.05) is 32.2 Å². The third-order valence-corrected chi connectivity index (χ3v) is 4.48. The number of hydrogen-bond acceptors (Lipinski definition) is 4. The third kappa shape index (κ3) is 2.36. The van der Waals surface area contributed by atoms with E-state index in [1.54, 1.807) is 13.2 Å². The zero-order valence-corrected chi connectivity index (χ0v) is 11.8. The fourth-order valence-corrected chi connectivity index (χ4v) is 3.53. The number of carbonyl (C=O) groups is 1. The SMILES string of the molecule is COC[C@@]12CCCO[C@@H]1CCN(C(=O)c1ccoc1)C2. The Kier molecular flexibility index (Phi) is 3.81. The first-order valence-electron chi connectivity index (χ1n) is 7.17. The van der Waals surface area contributed by atoms with E-state index in [1.165, 1.54) is 12.5 Å². The highest BCUT2D eigenvalue weighted by Gasteiger charge is 2.47. The molecule has 0 aliphatic carbocycles. The fourth-order valence-electron chi connectivity index (χ4n) is 3.53. The molecule has 1 aromatic heterocycles. The second-order valence-electron chi connectivity index (χ2n) is 5.79. The van der Waals surface area contributed by atoms with E-state index in [0.717, 1.165) is 32.4 Å². The lowest BCUT2D eigenvalue weighted by Crippen LogP contribution is -2.58. The number of amides is 1. The number of likely N-dealkylation sites (tertiary alicyclic amines) is 1. The average Bonchev–Trinajstić information content (AvgIpc) is 3.00. The second kappa shape index (κ2) is 5.58. The number of rotatable bonds is 3. The molecule has 0 N–H and O–H groups in total. The fraction of sp³-hybridized carbons (Fsp3) is 0.667. The molecule has 0 aromatic carbocycles. The number of ether oxygens (including phenoxy) is 2. The molecule has 0 bridgehead atoms. The first-order chi connectivity index (χ1) is 9.75. The van der Waals surface area contributed by atoms with Gasteiger partial charge in [0.25, 0.3) is 5.91 Å². The van der Waals surface area contributed by atoms with Crippen LogP contribution in [-0.2, 0) is 9.47 Å². The van der Waals surface area contributed by atoms with Gasteiger partial charge in [0.15, 0.2) is 0 Å². The van der Waals surface area contributed by atoms with E-state index in [4.69, 9.17) is 13.9 Å². The monoisotopic (exact) mass is 279 g/mol. The maximum absolute atomic E-state index is 12.5. The van der Waals surface area contributed by atoms with Crippen LogP contribution in [0.3, 0.4) is 0 Å². The minimum absolute atomic E-state index is 0.0400. The molecule has 110 valence electrons. The summed E-state index contributed by atoms with van der Waals surface area (Å²) in [4.78, 5) is 14.4. The lowest BCUT2D eigenvalue weighted by Gasteiger charge is -2.50. The Hall–Kier alpha value is -1.33. The lowest BCUT2D eigenvalue weighted by molar-refractivity contribution is -0.142. The van der Waals surface area contributed by atoms with Crippen LogP contribution in [0.5, 0.6) is 0 Å². The van der Waals surface area contributed by atoms with Gasteiger partial charge in [0.05, 0.1) is 24.5 Å². The van der Waals surface area contributed by atoms with E-state index in [1.807, 2.05) is 4.90 Å². The number of carbonyl (C=O) groups excluding carboxylic acids is 1. The summed E-state index contributed by atoms with van der Waals surface area (Å²) in [6.45, 7) is 2.91. The standard InChI is InChI=1S/C15H21NO4/c1-18-11-15-5-2-7-20-13(15)3-6-16(10-15)14(17)12-4-8-19-9-12/h4,8-9,13H,2-3,5-7,10-11H2,1H3/t13-,15+/m1/s1. The van der Waals surface area contributed by atoms with E-state index in [2.05, 4.69) is 0 Å². The van der Waals surface area contributed by atoms with Gasteiger partial charge < -0.3 is 18.8 Å². The maximum Gasteiger partial charge on any atom is 0.257 e. The number of furan rings is 1. The van der Waals surface area contributed by atoms with Gasteiger partial charge in [-0.15, -0.1) is 0 Å². The van der Waals surface area contributed by atoms with Gasteiger partial charge in [-0.2, -0.15) is 0 Å². The first-order valence-corrected chi connectivity index (χ1v) is 7.17. The van der Waals surface area contributed by atoms with Crippen LogP contribution in [0.1, 0.15) is 29.6 Å². The summed E-state index contributed by atoms with van der Waals surface area (Å²) in [6.07, 6.45) is 6.23. The molecule has 1 amide bonds. The molecular formula is C15H21NO4. The van der Waals surface area contributed by atoms with Crippen LogP contribution >= 0.6 is 0 Å². The Labute approximate surface area is 118 Å². The number of piperidine rings is 1. The summed E-state index contributed by atoms with van der Waals surface area (Å²) in [5.41, 5.74) is 0.567. The van der Waals surface area contributed by atoms with Crippen LogP contribution in [0, 0.1) is 5.41 Å². The van der Waals surface area contributed by atoms with Crippen LogP contribution < -0.4 is 0 Å². The van der Waals surface area contributed by atoms with Crippen molar-refractivity contribution < 1.29 is 18.7 Å². The van der Waals surface area contributed by atoms with Crippen molar-refractivity contribution in [2.24, 2.45) is 5.41 Å². The minimum Gasteiger partial charge on any atom is -0.472 e. The summed E-state index contributed by atoms with van der Waals surface area (Å²) in [6, 6.07) is 1.72. The molecule has 3 heterocycles. The maximum atomic E-state index is 12.5. The number of nitrogens with zero attached hydrogens (tertiary/aromatic N) is 1. The zero-order chi connectivity index (χ0) is 14.0. The van der Waals surface area contributed by atoms with E-state index in [0.29, 0.717) is 18.7 Å². The molecule has 0 spiro atoms. The highest BCUT2D eigenvalue weighted by molar-refractivity contribution is 5.93. The van der Waals surface area contributed by atoms with Crippen molar-refractivity contribution in [2.75, 3.05) is 33.4 Å². The van der Waals surface area contributed by atoms with Crippen molar-refractivity contribution in [1.82, 2.24) is 4.90 Å². The van der Waals surface area contributed by atoms with E-state index < -0.39 is 0 Å². The highest BCUT2D eigenvalue weighted by Crippen LogP contribution is 2.40. The Balaban J connectivity index is 1.77. The van der Waals surface area contributed by atoms with Crippen molar-refractivity contribution in [1.29, 1.82) is 0 Å². The van der Waals surface area contributed by atoms with Crippen LogP contribution in [-0.4, -0.2) is 50.3 Å². The molecular weight excluding hydrogens is 258 g/mol. The highest BCUT2D eigenvalue weighted by atomic mass is 16.5. The van der Waals surface area contributed by atoms with E-state index in [9.17, 15) is 4.79 Å². The van der Waals surface area contributed by atoms with Crippen LogP contribution in [0.25, 0.3) is 0 Å². The van der Waals surface area contributed by atoms with Gasteiger partial charge in [-0.3, -0.25) is 4.79 Å². The van der Waals surface area contributed by atoms with Gasteiger partial charge in [-0.25, -0.2) is 0 Å². The largest absolute Gasteiger partial charge is 0.472 e. The van der Waals surface area contributed by atoms with Crippen LogP contribution in [0.15, 0.2) is 23.0 Å². The molecule has 0 saturated carbocycles. The Morgan fingerprint density at radius 2 is 2.50 bits per heavy atom. The van der Waals surface area contributed by atoms with Crippen LogP contribution in [0.4, 0.5) is 0 Å². The normalized spacial score (nSPS) is 30.1. The molecule has 2 aliphatic rings. The Morgan fingerprint density at radius 3 is 3.25 bits per heavy atom. The molecule has 5 heteroatoms. The molecule has 3 rings (SSSR count). The van der Waals surface area contributed by atoms with Gasteiger partial charge in [0.2, 0.25) is 0 Å². The van der Waals surface area contributed by atoms with Gasteiger partial charge in [-0.05, 0) is 25.3 Å². The van der Waals surface area contributed by atoms with Crippen molar-refractivity contribution >= 4 is 5.91 Å². The summed E-state index contributed by atoms with van der Waals surface area (Å²) in [5, 5.41) is 0. The molecule has 2 atom stereocenters. The third-order valence-electron chi connectivity index (χ3n) is 4.48. The van der Waals surface area contributed by atoms with Gasteiger partial charge in [-0.1, -0.05) is 0 Å². The Bertz CT molecular complexity index is 454. The van der Waals surface area contributed by atoms with E-state index in [-0.39, 0.29) is 17.4 Å². The second-order valence-corrected chi connectivity index (χ2v) is 5.79. The summed E-state index contributed by atoms with van der Waals surface area (Å²) in [5.74, 6) is 0.0400. The number of hydrogen-bond donors (Lipinski definition) is 0. The zero-order valence-electron chi connectivity index (χ0n) is 11.8. The molecule has 2 aliphatic heterocycles. The van der Waals surface area contributed by atoms with Gasteiger partial charge >= 0.3 is 0 Å². The number of fused-ring (bicyclic) bond motifs is 1. The van der Waals surface area contributed by atoms with Crippen molar-refractivity contribution in [3.05, 3.63) is 24.2 Å². The Morgan fingerprint density at radius 1 is 1.60 bits per heavy atom. The van der Waals surface area contributed by atoms with E-state index >= 15 is 0 Å². The summed E-state index contributed by atoms with van der Waals surface area (Å²) < 4.78 is 16.4. The summed E-state index contributed by atoms with van der Waals surface area (Å²) in [7, 11) is 1.72. The van der Waals surface area contributed by atoms with Gasteiger partial charge in [0.1, 0.15) is 6.26 Å². The lowest BCUT2D eigenvalue weighted by atomic mass is 9.73. The predicted molar refractivity (Wildman–Crippen MR) is 72.5 cm³/mol.